The van der Waals surface area contributed by atoms with Crippen LogP contribution in [0.1, 0.15) is 45.1 Å². The van der Waals surface area contributed by atoms with Crippen molar-refractivity contribution in [1.29, 1.82) is 0 Å². The van der Waals surface area contributed by atoms with E-state index in [-0.39, 0.29) is 28.2 Å². The van der Waals surface area contributed by atoms with Crippen LogP contribution in [0.2, 0.25) is 0 Å². The summed E-state index contributed by atoms with van der Waals surface area (Å²) in [4.78, 5) is 0. The summed E-state index contributed by atoms with van der Waals surface area (Å²) < 4.78 is 58.1. The van der Waals surface area contributed by atoms with Gasteiger partial charge in [0.1, 0.15) is 11.6 Å². The van der Waals surface area contributed by atoms with Crippen LogP contribution in [0, 0.1) is 11.2 Å². The highest BCUT2D eigenvalue weighted by atomic mass is 32.2. The Morgan fingerprint density at radius 3 is 2.40 bits per heavy atom. The third-order valence-corrected chi connectivity index (χ3v) is 6.91. The maximum atomic E-state index is 13.5. The lowest BCUT2D eigenvalue weighted by molar-refractivity contribution is -0.300. The smallest absolute Gasteiger partial charge is 0.237 e. The van der Waals surface area contributed by atoms with Gasteiger partial charge in [0.15, 0.2) is 6.29 Å². The van der Waals surface area contributed by atoms with E-state index in [4.69, 9.17) is 14.2 Å². The fraction of sp³-hybridized carbons (Fsp3) is 0.455. The molecule has 2 aromatic carbocycles. The summed E-state index contributed by atoms with van der Waals surface area (Å²) in [6.07, 6.45) is -0.506. The molecule has 0 saturated carbocycles. The van der Waals surface area contributed by atoms with Gasteiger partial charge in [-0.05, 0) is 31.5 Å². The van der Waals surface area contributed by atoms with Crippen molar-refractivity contribution in [2.75, 3.05) is 18.4 Å². The average molecular weight is 438 g/mol. The van der Waals surface area contributed by atoms with Gasteiger partial charge >= 0.3 is 0 Å². The molecule has 2 aromatic rings. The highest BCUT2D eigenvalue weighted by molar-refractivity contribution is 7.91. The number of rotatable bonds is 6. The Bertz CT molecular complexity index is 1000. The standard InChI is InChI=1S/C22H28FNO5S/c1-21(2)14-28-20(29-22(21,3)4)16-8-6-15(7-9-16)13-30(25,26)24-18-12-17(23)10-11-19(18)27-5/h6-12,20,24H,13-14H2,1-5H3. The number of hydrogen-bond donors (Lipinski definition) is 1. The largest absolute Gasteiger partial charge is 0.495 e. The molecule has 0 aliphatic carbocycles. The minimum Gasteiger partial charge on any atom is -0.495 e. The number of ether oxygens (including phenoxy) is 3. The van der Waals surface area contributed by atoms with Gasteiger partial charge in [-0.3, -0.25) is 4.72 Å². The number of sulfonamides is 1. The Labute approximate surface area is 177 Å². The van der Waals surface area contributed by atoms with Crippen LogP contribution in [-0.2, 0) is 25.2 Å². The molecule has 0 bridgehead atoms. The number of benzene rings is 2. The van der Waals surface area contributed by atoms with Gasteiger partial charge in [0.05, 0.1) is 30.8 Å². The summed E-state index contributed by atoms with van der Waals surface area (Å²) in [5.74, 6) is -0.582. The van der Waals surface area contributed by atoms with Crippen LogP contribution in [0.3, 0.4) is 0 Å². The van der Waals surface area contributed by atoms with Crippen molar-refractivity contribution in [2.45, 2.75) is 45.3 Å². The molecule has 1 heterocycles. The van der Waals surface area contributed by atoms with E-state index < -0.39 is 22.1 Å². The first-order valence-electron chi connectivity index (χ1n) is 9.65. The first-order chi connectivity index (χ1) is 13.9. The van der Waals surface area contributed by atoms with Crippen molar-refractivity contribution < 1.29 is 27.0 Å². The zero-order valence-electron chi connectivity index (χ0n) is 17.9. The fourth-order valence-electron chi connectivity index (χ4n) is 3.04. The van der Waals surface area contributed by atoms with Crippen molar-refractivity contribution in [2.24, 2.45) is 5.41 Å². The Kier molecular flexibility index (Phi) is 6.13. The molecule has 30 heavy (non-hydrogen) atoms. The number of halogens is 1. The molecule has 1 aliphatic rings. The van der Waals surface area contributed by atoms with Gasteiger partial charge in [-0.25, -0.2) is 12.8 Å². The van der Waals surface area contributed by atoms with Crippen molar-refractivity contribution in [3.63, 3.8) is 0 Å². The van der Waals surface area contributed by atoms with Crippen LogP contribution in [0.5, 0.6) is 5.75 Å². The normalized spacial score (nSPS) is 20.5. The topological polar surface area (TPSA) is 73.9 Å². The van der Waals surface area contributed by atoms with Gasteiger partial charge in [0.2, 0.25) is 10.0 Å². The summed E-state index contributed by atoms with van der Waals surface area (Å²) in [6, 6.07) is 10.7. The number of anilines is 1. The SMILES string of the molecule is COc1ccc(F)cc1NS(=O)(=O)Cc1ccc(C2OCC(C)(C)C(C)(C)O2)cc1. The van der Waals surface area contributed by atoms with E-state index in [1.807, 2.05) is 13.8 Å². The van der Waals surface area contributed by atoms with Gasteiger partial charge in [0, 0.05) is 17.0 Å². The van der Waals surface area contributed by atoms with Crippen LogP contribution >= 0.6 is 0 Å². The van der Waals surface area contributed by atoms with Crippen molar-refractivity contribution >= 4 is 15.7 Å². The molecule has 0 amide bonds. The summed E-state index contributed by atoms with van der Waals surface area (Å²) in [5.41, 5.74) is 0.965. The van der Waals surface area contributed by atoms with Crippen LogP contribution in [-0.4, -0.2) is 27.7 Å². The molecule has 3 rings (SSSR count). The summed E-state index contributed by atoms with van der Waals surface area (Å²) in [6.45, 7) is 8.82. The molecular formula is C22H28FNO5S. The fourth-order valence-corrected chi connectivity index (χ4v) is 4.24. The van der Waals surface area contributed by atoms with E-state index in [9.17, 15) is 12.8 Å². The second-order valence-corrected chi connectivity index (χ2v) is 10.3. The predicted octanol–water partition coefficient (Wildman–Crippen LogP) is 4.63. The molecule has 164 valence electrons. The Morgan fingerprint density at radius 2 is 1.80 bits per heavy atom. The molecule has 1 aliphatic heterocycles. The van der Waals surface area contributed by atoms with E-state index in [2.05, 4.69) is 18.6 Å². The van der Waals surface area contributed by atoms with Crippen molar-refractivity contribution in [3.8, 4) is 5.75 Å². The highest BCUT2D eigenvalue weighted by Gasteiger charge is 2.44. The molecule has 1 unspecified atom stereocenters. The van der Waals surface area contributed by atoms with Crippen LogP contribution in [0.15, 0.2) is 42.5 Å². The molecule has 0 radical (unpaired) electrons. The van der Waals surface area contributed by atoms with Crippen molar-refractivity contribution in [3.05, 3.63) is 59.4 Å². The van der Waals surface area contributed by atoms with Crippen LogP contribution in [0.25, 0.3) is 0 Å². The van der Waals surface area contributed by atoms with E-state index in [0.717, 1.165) is 11.6 Å². The minimum atomic E-state index is -3.77. The van der Waals surface area contributed by atoms with Gasteiger partial charge < -0.3 is 14.2 Å². The lowest BCUT2D eigenvalue weighted by Crippen LogP contribution is -2.50. The molecule has 1 N–H and O–H groups in total. The summed E-state index contributed by atoms with van der Waals surface area (Å²) in [5, 5.41) is 0. The predicted molar refractivity (Wildman–Crippen MR) is 113 cm³/mol. The first kappa shape index (κ1) is 22.5. The Balaban J connectivity index is 1.71. The number of methoxy groups -OCH3 is 1. The van der Waals surface area contributed by atoms with E-state index in [1.165, 1.54) is 19.2 Å². The molecule has 1 saturated heterocycles. The quantitative estimate of drug-likeness (QED) is 0.713. The van der Waals surface area contributed by atoms with Gasteiger partial charge in [0.25, 0.3) is 0 Å². The zero-order valence-corrected chi connectivity index (χ0v) is 18.7. The second kappa shape index (κ2) is 8.17. The Hall–Kier alpha value is -2.16. The molecule has 1 fully saturated rings. The summed E-state index contributed by atoms with van der Waals surface area (Å²) >= 11 is 0. The molecular weight excluding hydrogens is 409 g/mol. The third kappa shape index (κ3) is 4.94. The third-order valence-electron chi connectivity index (χ3n) is 5.66. The molecule has 0 spiro atoms. The lowest BCUT2D eigenvalue weighted by Gasteiger charge is -2.48. The van der Waals surface area contributed by atoms with E-state index in [1.54, 1.807) is 24.3 Å². The highest BCUT2D eigenvalue weighted by Crippen LogP contribution is 2.43. The first-order valence-corrected chi connectivity index (χ1v) is 11.3. The van der Waals surface area contributed by atoms with Gasteiger partial charge in [-0.15, -0.1) is 0 Å². The maximum absolute atomic E-state index is 13.5. The monoisotopic (exact) mass is 437 g/mol. The number of nitrogens with one attached hydrogen (secondary N) is 1. The molecule has 6 nitrogen and oxygen atoms in total. The van der Waals surface area contributed by atoms with E-state index in [0.29, 0.717) is 12.2 Å². The Morgan fingerprint density at radius 1 is 1.13 bits per heavy atom. The molecule has 0 aromatic heterocycles. The molecule has 1 atom stereocenters. The van der Waals surface area contributed by atoms with E-state index >= 15 is 0 Å². The van der Waals surface area contributed by atoms with Crippen LogP contribution < -0.4 is 9.46 Å². The van der Waals surface area contributed by atoms with Gasteiger partial charge in [-0.1, -0.05) is 38.1 Å². The van der Waals surface area contributed by atoms with Gasteiger partial charge in [-0.2, -0.15) is 0 Å². The second-order valence-electron chi connectivity index (χ2n) is 8.60. The maximum Gasteiger partial charge on any atom is 0.237 e. The van der Waals surface area contributed by atoms with Crippen LogP contribution in [0.4, 0.5) is 10.1 Å². The average Bonchev–Trinajstić information content (AvgIpc) is 2.64. The molecule has 8 heteroatoms. The minimum absolute atomic E-state index is 0.0583. The summed E-state index contributed by atoms with van der Waals surface area (Å²) in [7, 11) is -2.38. The zero-order chi connectivity index (χ0) is 22.2. The number of hydrogen-bond acceptors (Lipinski definition) is 5. The lowest BCUT2D eigenvalue weighted by atomic mass is 9.77. The van der Waals surface area contributed by atoms with Crippen molar-refractivity contribution in [1.82, 2.24) is 0 Å².